The Kier molecular flexibility index (Phi) is 7.31. The molecule has 0 aliphatic heterocycles. The van der Waals surface area contributed by atoms with Crippen LogP contribution in [0.15, 0.2) is 134 Å². The number of aryl methyl sites for hydroxylation is 2. The molecular formula is C45H31N5Pt. The van der Waals surface area contributed by atoms with Crippen LogP contribution in [0.4, 0.5) is 0 Å². The SMILES string of the molecule is Cc1cc(-n2c(-c3cccc4c3[n-]c3ccccc34)nc3c(-c4[c-]c5c(cc4)c4ccccc4n5-c4ccccn4)cccc32)cc(C)c1C.[Pt+2]. The number of para-hydroxylation sites is 4. The normalized spacial score (nSPS) is 11.7. The van der Waals surface area contributed by atoms with E-state index in [2.05, 4.69) is 139 Å². The maximum absolute atomic E-state index is 5.52. The van der Waals surface area contributed by atoms with Crippen molar-refractivity contribution in [2.24, 2.45) is 0 Å². The van der Waals surface area contributed by atoms with E-state index in [0.717, 1.165) is 83.3 Å². The van der Waals surface area contributed by atoms with Crippen molar-refractivity contribution in [3.8, 4) is 34.0 Å². The van der Waals surface area contributed by atoms with Crippen molar-refractivity contribution in [3.63, 3.8) is 0 Å². The van der Waals surface area contributed by atoms with Crippen LogP contribution in [0.3, 0.4) is 0 Å². The van der Waals surface area contributed by atoms with Gasteiger partial charge in [0.25, 0.3) is 0 Å². The molecular weight excluding hydrogens is 806 g/mol. The summed E-state index contributed by atoms with van der Waals surface area (Å²) >= 11 is 0. The maximum Gasteiger partial charge on any atom is 2.00 e. The summed E-state index contributed by atoms with van der Waals surface area (Å²) in [6, 6.07) is 48.6. The Morgan fingerprint density at radius 3 is 2.14 bits per heavy atom. The minimum atomic E-state index is 0. The number of benzene rings is 6. The Bertz CT molecular complexity index is 2940. The average molecular weight is 837 g/mol. The van der Waals surface area contributed by atoms with Gasteiger partial charge in [0.2, 0.25) is 0 Å². The van der Waals surface area contributed by atoms with Crippen LogP contribution in [0.25, 0.3) is 88.7 Å². The van der Waals surface area contributed by atoms with Crippen molar-refractivity contribution in [2.75, 3.05) is 0 Å². The summed E-state index contributed by atoms with van der Waals surface area (Å²) in [5.74, 6) is 1.73. The van der Waals surface area contributed by atoms with Crippen LogP contribution >= 0.6 is 0 Å². The van der Waals surface area contributed by atoms with Crippen LogP contribution in [0.1, 0.15) is 16.7 Å². The van der Waals surface area contributed by atoms with E-state index in [0.29, 0.717) is 0 Å². The second kappa shape index (κ2) is 11.9. The molecule has 4 heterocycles. The van der Waals surface area contributed by atoms with Crippen molar-refractivity contribution in [1.29, 1.82) is 0 Å². The van der Waals surface area contributed by atoms with Gasteiger partial charge in [-0.3, -0.25) is 4.57 Å². The number of pyridine rings is 1. The van der Waals surface area contributed by atoms with Gasteiger partial charge < -0.3 is 9.55 Å². The monoisotopic (exact) mass is 836 g/mol. The minimum Gasteiger partial charge on any atom is -0.656 e. The average Bonchev–Trinajstić information content (AvgIpc) is 3.83. The molecule has 0 unspecified atom stereocenters. The number of fused-ring (bicyclic) bond motifs is 7. The van der Waals surface area contributed by atoms with Crippen molar-refractivity contribution < 1.29 is 21.1 Å². The summed E-state index contributed by atoms with van der Waals surface area (Å²) in [7, 11) is 0. The van der Waals surface area contributed by atoms with E-state index in [1.54, 1.807) is 0 Å². The van der Waals surface area contributed by atoms with Gasteiger partial charge in [-0.25, -0.2) is 9.97 Å². The molecule has 0 saturated carbocycles. The fraction of sp³-hybridized carbons (Fsp3) is 0.0667. The van der Waals surface area contributed by atoms with Crippen LogP contribution in [-0.4, -0.2) is 19.1 Å². The van der Waals surface area contributed by atoms with Gasteiger partial charge in [-0.15, -0.1) is 34.8 Å². The van der Waals surface area contributed by atoms with Crippen LogP contribution in [0.2, 0.25) is 0 Å². The van der Waals surface area contributed by atoms with Crippen LogP contribution in [0.5, 0.6) is 0 Å². The standard InChI is InChI=1S/C45H31N5.Pt/c1-27-24-31(25-28(2)29(27)3)49-40-19-11-14-32(44(40)48-45(49)37-16-10-15-36-33-12-4-6-17-38(33)47-43(36)37)30-21-22-35-34-13-5-7-18-39(34)50(41(35)26-30)42-20-8-9-23-46-42;/h4-25H,1-3H3;/q-2;+2. The molecule has 0 fully saturated rings. The molecule has 6 aromatic carbocycles. The van der Waals surface area contributed by atoms with Crippen molar-refractivity contribution >= 4 is 54.6 Å². The topological polar surface area (TPSA) is 49.7 Å². The quantitative estimate of drug-likeness (QED) is 0.166. The number of rotatable bonds is 4. The van der Waals surface area contributed by atoms with Crippen molar-refractivity contribution in [1.82, 2.24) is 24.1 Å². The molecule has 0 radical (unpaired) electrons. The van der Waals surface area contributed by atoms with Gasteiger partial charge in [0.15, 0.2) is 0 Å². The smallest absolute Gasteiger partial charge is 0.656 e. The second-order valence-electron chi connectivity index (χ2n) is 13.2. The molecule has 0 N–H and O–H groups in total. The molecule has 5 nitrogen and oxygen atoms in total. The minimum absolute atomic E-state index is 0. The molecule has 51 heavy (non-hydrogen) atoms. The van der Waals surface area contributed by atoms with E-state index >= 15 is 0 Å². The molecule has 0 spiro atoms. The fourth-order valence-electron chi connectivity index (χ4n) is 7.66. The first kappa shape index (κ1) is 31.2. The van der Waals surface area contributed by atoms with E-state index in [9.17, 15) is 0 Å². The Labute approximate surface area is 309 Å². The fourth-order valence-corrected chi connectivity index (χ4v) is 7.66. The van der Waals surface area contributed by atoms with E-state index in [1.807, 2.05) is 30.5 Å². The van der Waals surface area contributed by atoms with Crippen LogP contribution in [0, 0.1) is 26.8 Å². The predicted molar refractivity (Wildman–Crippen MR) is 205 cm³/mol. The van der Waals surface area contributed by atoms with Gasteiger partial charge >= 0.3 is 21.1 Å². The second-order valence-corrected chi connectivity index (χ2v) is 13.2. The summed E-state index contributed by atoms with van der Waals surface area (Å²) in [6.45, 7) is 6.57. The predicted octanol–water partition coefficient (Wildman–Crippen LogP) is 10.8. The van der Waals surface area contributed by atoms with Crippen LogP contribution in [-0.2, 0) is 21.1 Å². The van der Waals surface area contributed by atoms with E-state index in [1.165, 1.54) is 22.1 Å². The molecule has 0 saturated heterocycles. The summed E-state index contributed by atoms with van der Waals surface area (Å²) in [4.78, 5) is 15.4. The Hall–Kier alpha value is -5.77. The first-order chi connectivity index (χ1) is 24.5. The van der Waals surface area contributed by atoms with Crippen LogP contribution < -0.4 is 4.98 Å². The number of aromatic nitrogens is 5. The van der Waals surface area contributed by atoms with E-state index < -0.39 is 0 Å². The first-order valence-electron chi connectivity index (χ1n) is 17.0. The van der Waals surface area contributed by atoms with Gasteiger partial charge in [-0.05, 0) is 95.5 Å². The zero-order valence-corrected chi connectivity index (χ0v) is 30.5. The molecule has 10 aromatic rings. The molecule has 0 amide bonds. The first-order valence-corrected chi connectivity index (χ1v) is 17.0. The number of hydrogen-bond donors (Lipinski definition) is 0. The Balaban J connectivity index is 0.00000348. The summed E-state index contributed by atoms with van der Waals surface area (Å²) in [5, 5.41) is 4.60. The van der Waals surface area contributed by atoms with E-state index in [4.69, 9.17) is 15.0 Å². The van der Waals surface area contributed by atoms with Crippen molar-refractivity contribution in [2.45, 2.75) is 20.8 Å². The third-order valence-electron chi connectivity index (χ3n) is 10.3. The molecule has 6 heteroatoms. The molecule has 0 aliphatic rings. The van der Waals surface area contributed by atoms with Gasteiger partial charge in [-0.2, -0.15) is 0 Å². The molecule has 0 atom stereocenters. The third-order valence-corrected chi connectivity index (χ3v) is 10.3. The largest absolute Gasteiger partial charge is 2.00 e. The molecule has 246 valence electrons. The number of imidazole rings is 1. The van der Waals surface area contributed by atoms with Gasteiger partial charge in [-0.1, -0.05) is 89.8 Å². The Morgan fingerprint density at radius 1 is 0.608 bits per heavy atom. The van der Waals surface area contributed by atoms with Crippen molar-refractivity contribution in [3.05, 3.63) is 156 Å². The maximum atomic E-state index is 5.52. The third kappa shape index (κ3) is 4.72. The Morgan fingerprint density at radius 2 is 1.31 bits per heavy atom. The summed E-state index contributed by atoms with van der Waals surface area (Å²) in [5.41, 5.74) is 13.9. The zero-order valence-electron chi connectivity index (χ0n) is 28.3. The molecule has 4 aromatic heterocycles. The van der Waals surface area contributed by atoms with Gasteiger partial charge in [0.1, 0.15) is 11.6 Å². The molecule has 0 aliphatic carbocycles. The number of hydrogen-bond acceptors (Lipinski definition) is 2. The molecule has 10 rings (SSSR count). The summed E-state index contributed by atoms with van der Waals surface area (Å²) in [6.07, 6.45) is 1.84. The van der Waals surface area contributed by atoms with Gasteiger partial charge in [0.05, 0.1) is 11.0 Å². The summed E-state index contributed by atoms with van der Waals surface area (Å²) < 4.78 is 4.53. The zero-order chi connectivity index (χ0) is 33.5. The molecule has 0 bridgehead atoms. The number of nitrogens with zero attached hydrogens (tertiary/aromatic N) is 5. The van der Waals surface area contributed by atoms with E-state index in [-0.39, 0.29) is 21.1 Å². The van der Waals surface area contributed by atoms with Gasteiger partial charge in [0, 0.05) is 23.0 Å².